The average Bonchev–Trinajstić information content (AvgIpc) is 3.03. The minimum atomic E-state index is -0.350. The molecule has 1 unspecified atom stereocenters. The Morgan fingerprint density at radius 2 is 1.23 bits per heavy atom. The standard InChI is InChI=1S/C13H22BBrO4.C11H20BBrO2.C8H13BrO2.C2H4O/c1-10-9-13(2,3)19-14(18-10)11(15)7-5-6-8-12(16)17-4;1-4-12(5-2)10(13)8-6-7-9-11(14)15-3;1-7(9)5-3-4-6-8(10)11-2;1-2-3/h7,10H,5-6,8-9H2,1-4H3;8H,4-7,9H2,1-3H3;5H,3-4,6H2,1-2H3;2H,1H3/b11-7-;10-8-;7-5-;. The molecular weight excluding hydrogens is 814 g/mol. The SMILES string of the molecule is CC=O.CCB(CC)/C(Br)=C/CCCC(=O)OC.COC(=O)CCC/C=C(/C)Br.COC(=O)CCC/C=C(\Br)B1OC(C)CC(C)(C)O1. The molecular formula is C34H59B2Br3O9. The number of hydrogen-bond donors (Lipinski definition) is 0. The second-order valence-electron chi connectivity index (χ2n) is 11.5. The topological polar surface area (TPSA) is 114 Å². The lowest BCUT2D eigenvalue weighted by Crippen LogP contribution is -2.46. The largest absolute Gasteiger partial charge is 0.501 e. The summed E-state index contributed by atoms with van der Waals surface area (Å²) in [6.07, 6.45) is 16.9. The number of aldehydes is 1. The summed E-state index contributed by atoms with van der Waals surface area (Å²) < 4.78 is 28.6. The van der Waals surface area contributed by atoms with Crippen molar-refractivity contribution in [3.8, 4) is 0 Å². The van der Waals surface area contributed by atoms with E-state index in [9.17, 15) is 14.4 Å². The van der Waals surface area contributed by atoms with E-state index in [1.54, 1.807) is 0 Å². The number of unbranched alkanes of at least 4 members (excludes halogenated alkanes) is 3. The number of rotatable bonds is 16. The molecule has 0 amide bonds. The molecule has 0 aliphatic carbocycles. The fourth-order valence-corrected chi connectivity index (χ4v) is 5.74. The van der Waals surface area contributed by atoms with E-state index in [1.165, 1.54) is 32.6 Å². The summed E-state index contributed by atoms with van der Waals surface area (Å²) in [5, 5.41) is 0. The molecule has 1 fully saturated rings. The highest BCUT2D eigenvalue weighted by atomic mass is 79.9. The lowest BCUT2D eigenvalue weighted by atomic mass is 9.45. The van der Waals surface area contributed by atoms with Gasteiger partial charge in [0.1, 0.15) is 6.29 Å². The molecule has 0 aromatic heterocycles. The first-order valence-electron chi connectivity index (χ1n) is 16.5. The first-order valence-corrected chi connectivity index (χ1v) is 18.9. The van der Waals surface area contributed by atoms with E-state index >= 15 is 0 Å². The van der Waals surface area contributed by atoms with E-state index < -0.39 is 0 Å². The Labute approximate surface area is 316 Å². The summed E-state index contributed by atoms with van der Waals surface area (Å²) in [5.41, 5.74) is -0.179. The van der Waals surface area contributed by atoms with Crippen LogP contribution in [0.15, 0.2) is 31.5 Å². The van der Waals surface area contributed by atoms with Crippen LogP contribution in [0.1, 0.15) is 113 Å². The number of esters is 3. The third kappa shape index (κ3) is 32.0. The first-order chi connectivity index (χ1) is 22.6. The number of hydrogen-bond acceptors (Lipinski definition) is 9. The van der Waals surface area contributed by atoms with Gasteiger partial charge >= 0.3 is 25.0 Å². The second-order valence-corrected chi connectivity index (χ2v) is 14.6. The predicted octanol–water partition coefficient (Wildman–Crippen LogP) is 9.76. The Morgan fingerprint density at radius 1 is 0.833 bits per heavy atom. The smallest absolute Gasteiger partial charge is 0.469 e. The summed E-state index contributed by atoms with van der Waals surface area (Å²) in [6.45, 7) is 14.6. The van der Waals surface area contributed by atoms with E-state index in [0.717, 1.165) is 72.7 Å². The number of carbonyl (C=O) groups is 4. The molecule has 0 radical (unpaired) electrons. The molecule has 0 spiro atoms. The summed E-state index contributed by atoms with van der Waals surface area (Å²) in [4.78, 5) is 41.2. The van der Waals surface area contributed by atoms with Gasteiger partial charge in [0.05, 0.1) is 26.9 Å². The lowest BCUT2D eigenvalue weighted by Gasteiger charge is -2.38. The van der Waals surface area contributed by atoms with Crippen molar-refractivity contribution in [2.45, 2.75) is 137 Å². The fourth-order valence-electron chi connectivity index (χ4n) is 4.21. The molecule has 0 bridgehead atoms. The van der Waals surface area contributed by atoms with Gasteiger partial charge in [-0.05, 0) is 88.4 Å². The van der Waals surface area contributed by atoms with Crippen LogP contribution >= 0.6 is 47.8 Å². The molecule has 1 atom stereocenters. The van der Waals surface area contributed by atoms with Crippen molar-refractivity contribution < 1.29 is 42.7 Å². The van der Waals surface area contributed by atoms with Crippen LogP contribution in [0.25, 0.3) is 0 Å². The van der Waals surface area contributed by atoms with Crippen molar-refractivity contribution in [3.05, 3.63) is 31.5 Å². The molecule has 1 aliphatic heterocycles. The van der Waals surface area contributed by atoms with Gasteiger partial charge in [-0.3, -0.25) is 14.4 Å². The fraction of sp³-hybridized carbons (Fsp3) is 0.706. The number of carbonyl (C=O) groups excluding carboxylic acids is 4. The summed E-state index contributed by atoms with van der Waals surface area (Å²) in [7, 11) is 3.89. The van der Waals surface area contributed by atoms with Gasteiger partial charge < -0.3 is 28.3 Å². The third-order valence-corrected chi connectivity index (χ3v) is 8.70. The Bertz CT molecular complexity index is 981. The second kappa shape index (κ2) is 33.0. The van der Waals surface area contributed by atoms with Crippen molar-refractivity contribution in [1.82, 2.24) is 0 Å². The zero-order valence-electron chi connectivity index (χ0n) is 30.8. The van der Waals surface area contributed by atoms with Crippen molar-refractivity contribution in [2.24, 2.45) is 0 Å². The highest BCUT2D eigenvalue weighted by molar-refractivity contribution is 9.12. The molecule has 0 aromatic carbocycles. The zero-order chi connectivity index (χ0) is 37.5. The van der Waals surface area contributed by atoms with Gasteiger partial charge in [0.25, 0.3) is 0 Å². The zero-order valence-corrected chi connectivity index (χ0v) is 35.6. The minimum Gasteiger partial charge on any atom is -0.469 e. The van der Waals surface area contributed by atoms with Crippen LogP contribution in [0.4, 0.5) is 0 Å². The Balaban J connectivity index is -0.000000627. The van der Waals surface area contributed by atoms with Crippen LogP contribution in [0, 0.1) is 0 Å². The van der Waals surface area contributed by atoms with Gasteiger partial charge in [0.2, 0.25) is 0 Å². The van der Waals surface area contributed by atoms with Gasteiger partial charge in [-0.25, -0.2) is 0 Å². The first kappa shape index (κ1) is 51.2. The van der Waals surface area contributed by atoms with Gasteiger partial charge in [-0.15, -0.1) is 0 Å². The molecule has 14 heteroatoms. The van der Waals surface area contributed by atoms with Crippen molar-refractivity contribution in [2.75, 3.05) is 21.3 Å². The minimum absolute atomic E-state index is 0.123. The van der Waals surface area contributed by atoms with Crippen LogP contribution in [-0.2, 0) is 42.7 Å². The van der Waals surface area contributed by atoms with Crippen molar-refractivity contribution >= 4 is 85.8 Å². The number of ether oxygens (including phenoxy) is 3. The normalized spacial score (nSPS) is 15.6. The van der Waals surface area contributed by atoms with Gasteiger partial charge in [-0.2, -0.15) is 0 Å². The van der Waals surface area contributed by atoms with E-state index in [1.807, 2.05) is 19.1 Å². The van der Waals surface area contributed by atoms with E-state index in [0.29, 0.717) is 26.0 Å². The Kier molecular flexibility index (Phi) is 35.1. The van der Waals surface area contributed by atoms with Crippen LogP contribution in [0.3, 0.4) is 0 Å². The Morgan fingerprint density at radius 3 is 1.58 bits per heavy atom. The highest BCUT2D eigenvalue weighted by Crippen LogP contribution is 2.30. The molecule has 276 valence electrons. The number of halogens is 3. The van der Waals surface area contributed by atoms with E-state index in [2.05, 4.69) is 103 Å². The maximum absolute atomic E-state index is 11.0. The van der Waals surface area contributed by atoms with E-state index in [-0.39, 0.29) is 36.7 Å². The lowest BCUT2D eigenvalue weighted by molar-refractivity contribution is -0.141. The maximum atomic E-state index is 11.0. The number of allylic oxidation sites excluding steroid dienone is 4. The van der Waals surface area contributed by atoms with Crippen LogP contribution in [-0.4, -0.2) is 71.1 Å². The molecule has 48 heavy (non-hydrogen) atoms. The molecule has 0 N–H and O–H groups in total. The van der Waals surface area contributed by atoms with Gasteiger partial charge in [0.15, 0.2) is 6.71 Å². The van der Waals surface area contributed by atoms with Crippen LogP contribution < -0.4 is 0 Å². The van der Waals surface area contributed by atoms with Crippen molar-refractivity contribution in [3.63, 3.8) is 0 Å². The third-order valence-electron chi connectivity index (χ3n) is 6.70. The number of methoxy groups -OCH3 is 3. The quantitative estimate of drug-likeness (QED) is 0.0492. The molecule has 1 heterocycles. The molecule has 9 nitrogen and oxygen atoms in total. The van der Waals surface area contributed by atoms with E-state index in [4.69, 9.17) is 14.1 Å². The van der Waals surface area contributed by atoms with Crippen molar-refractivity contribution in [1.29, 1.82) is 0 Å². The molecule has 1 aliphatic rings. The maximum Gasteiger partial charge on any atom is 0.501 e. The Hall–Kier alpha value is -1.21. The van der Waals surface area contributed by atoms with Gasteiger partial charge in [-0.1, -0.05) is 92.5 Å². The average molecular weight is 873 g/mol. The summed E-state index contributed by atoms with van der Waals surface area (Å²) in [5.74, 6) is -0.433. The van der Waals surface area contributed by atoms with Crippen LogP contribution in [0.5, 0.6) is 0 Å². The molecule has 0 aromatic rings. The summed E-state index contributed by atoms with van der Waals surface area (Å²) >= 11 is 10.4. The monoisotopic (exact) mass is 870 g/mol. The summed E-state index contributed by atoms with van der Waals surface area (Å²) in [6, 6.07) is 0. The predicted molar refractivity (Wildman–Crippen MR) is 209 cm³/mol. The van der Waals surface area contributed by atoms with Crippen LogP contribution in [0.2, 0.25) is 12.6 Å². The molecule has 1 rings (SSSR count). The van der Waals surface area contributed by atoms with Gasteiger partial charge in [0, 0.05) is 29.7 Å². The highest BCUT2D eigenvalue weighted by Gasteiger charge is 2.38. The molecule has 1 saturated heterocycles. The molecule has 0 saturated carbocycles.